The van der Waals surface area contributed by atoms with Crippen LogP contribution in [0.5, 0.6) is 5.75 Å². The summed E-state index contributed by atoms with van der Waals surface area (Å²) in [6, 6.07) is 4.56. The van der Waals surface area contributed by atoms with Gasteiger partial charge in [-0.3, -0.25) is 9.59 Å². The van der Waals surface area contributed by atoms with Gasteiger partial charge in [0.1, 0.15) is 5.75 Å². The van der Waals surface area contributed by atoms with Crippen molar-refractivity contribution in [1.29, 1.82) is 0 Å². The molecule has 0 aliphatic heterocycles. The molecule has 0 radical (unpaired) electrons. The first-order valence-corrected chi connectivity index (χ1v) is 5.14. The molecule has 1 aromatic rings. The van der Waals surface area contributed by atoms with E-state index in [-0.39, 0.29) is 5.56 Å². The van der Waals surface area contributed by atoms with Crippen LogP contribution in [0.1, 0.15) is 17.3 Å². The SMILES string of the molecule is CCNC(=O)C(=O)c1cc(Cl)ccc1OC. The topological polar surface area (TPSA) is 55.4 Å². The Hall–Kier alpha value is -1.55. The lowest BCUT2D eigenvalue weighted by molar-refractivity contribution is -0.116. The molecular formula is C11H12ClNO3. The van der Waals surface area contributed by atoms with E-state index in [1.165, 1.54) is 13.2 Å². The summed E-state index contributed by atoms with van der Waals surface area (Å²) in [7, 11) is 1.43. The zero-order valence-corrected chi connectivity index (χ0v) is 9.80. The Balaban J connectivity index is 3.06. The highest BCUT2D eigenvalue weighted by molar-refractivity contribution is 6.44. The number of benzene rings is 1. The number of ketones is 1. The van der Waals surface area contributed by atoms with E-state index in [4.69, 9.17) is 16.3 Å². The van der Waals surface area contributed by atoms with Crippen LogP contribution in [-0.4, -0.2) is 25.3 Å². The van der Waals surface area contributed by atoms with E-state index in [0.29, 0.717) is 17.3 Å². The highest BCUT2D eigenvalue weighted by atomic mass is 35.5. The molecule has 1 aromatic carbocycles. The molecule has 0 aliphatic rings. The zero-order chi connectivity index (χ0) is 12.1. The molecule has 5 heteroatoms. The summed E-state index contributed by atoms with van der Waals surface area (Å²) in [5.41, 5.74) is 0.168. The third kappa shape index (κ3) is 2.73. The van der Waals surface area contributed by atoms with Gasteiger partial charge in [-0.2, -0.15) is 0 Å². The van der Waals surface area contributed by atoms with Crippen molar-refractivity contribution in [1.82, 2.24) is 5.32 Å². The number of likely N-dealkylation sites (N-methyl/N-ethyl adjacent to an activating group) is 1. The average molecular weight is 242 g/mol. The number of rotatable bonds is 4. The van der Waals surface area contributed by atoms with E-state index in [9.17, 15) is 9.59 Å². The molecule has 4 nitrogen and oxygen atoms in total. The van der Waals surface area contributed by atoms with Crippen molar-refractivity contribution in [2.75, 3.05) is 13.7 Å². The van der Waals surface area contributed by atoms with Gasteiger partial charge < -0.3 is 10.1 Å². The van der Waals surface area contributed by atoms with Crippen LogP contribution in [-0.2, 0) is 4.79 Å². The summed E-state index contributed by atoms with van der Waals surface area (Å²) in [6.45, 7) is 2.13. The van der Waals surface area contributed by atoms with Crippen LogP contribution in [0.25, 0.3) is 0 Å². The Morgan fingerprint density at radius 3 is 2.69 bits per heavy atom. The van der Waals surface area contributed by atoms with Gasteiger partial charge in [0.05, 0.1) is 12.7 Å². The predicted molar refractivity (Wildman–Crippen MR) is 61.0 cm³/mol. The van der Waals surface area contributed by atoms with Crippen LogP contribution in [0.3, 0.4) is 0 Å². The Bertz CT molecular complexity index is 418. The first-order chi connectivity index (χ1) is 7.60. The van der Waals surface area contributed by atoms with Crippen molar-refractivity contribution in [3.63, 3.8) is 0 Å². The number of halogens is 1. The average Bonchev–Trinajstić information content (AvgIpc) is 2.28. The number of hydrogen-bond donors (Lipinski definition) is 1. The first-order valence-electron chi connectivity index (χ1n) is 4.76. The van der Waals surface area contributed by atoms with Crippen molar-refractivity contribution in [3.05, 3.63) is 28.8 Å². The van der Waals surface area contributed by atoms with Gasteiger partial charge in [-0.25, -0.2) is 0 Å². The zero-order valence-electron chi connectivity index (χ0n) is 9.04. The standard InChI is InChI=1S/C11H12ClNO3/c1-3-13-11(15)10(14)8-6-7(12)4-5-9(8)16-2/h4-6H,3H2,1-2H3,(H,13,15). The Morgan fingerprint density at radius 2 is 2.12 bits per heavy atom. The molecule has 16 heavy (non-hydrogen) atoms. The molecule has 0 saturated carbocycles. The molecule has 86 valence electrons. The quantitative estimate of drug-likeness (QED) is 0.644. The van der Waals surface area contributed by atoms with Gasteiger partial charge in [-0.05, 0) is 25.1 Å². The summed E-state index contributed by atoms with van der Waals surface area (Å²) in [5, 5.41) is 2.81. The summed E-state index contributed by atoms with van der Waals surface area (Å²) in [5.74, 6) is -0.982. The summed E-state index contributed by atoms with van der Waals surface area (Å²) >= 11 is 5.76. The van der Waals surface area contributed by atoms with Crippen LogP contribution in [0.4, 0.5) is 0 Å². The number of ether oxygens (including phenoxy) is 1. The van der Waals surface area contributed by atoms with Gasteiger partial charge in [-0.1, -0.05) is 11.6 Å². The van der Waals surface area contributed by atoms with Gasteiger partial charge >= 0.3 is 0 Å². The summed E-state index contributed by atoms with van der Waals surface area (Å²) in [4.78, 5) is 23.1. The number of carbonyl (C=O) groups is 2. The second kappa shape index (κ2) is 5.51. The van der Waals surface area contributed by atoms with Crippen molar-refractivity contribution >= 4 is 23.3 Å². The van der Waals surface area contributed by atoms with E-state index in [1.54, 1.807) is 19.1 Å². The van der Waals surface area contributed by atoms with E-state index < -0.39 is 11.7 Å². The monoisotopic (exact) mass is 241 g/mol. The van der Waals surface area contributed by atoms with Crippen LogP contribution in [0.2, 0.25) is 5.02 Å². The van der Waals surface area contributed by atoms with Crippen molar-refractivity contribution in [2.45, 2.75) is 6.92 Å². The highest BCUT2D eigenvalue weighted by Gasteiger charge is 2.19. The lowest BCUT2D eigenvalue weighted by Gasteiger charge is -2.07. The van der Waals surface area contributed by atoms with E-state index in [2.05, 4.69) is 5.32 Å². The fourth-order valence-electron chi connectivity index (χ4n) is 1.22. The second-order valence-electron chi connectivity index (χ2n) is 3.03. The molecule has 0 atom stereocenters. The van der Waals surface area contributed by atoms with Crippen LogP contribution >= 0.6 is 11.6 Å². The van der Waals surface area contributed by atoms with Crippen LogP contribution in [0.15, 0.2) is 18.2 Å². The molecule has 0 aliphatic carbocycles. The molecule has 0 spiro atoms. The normalized spacial score (nSPS) is 9.69. The van der Waals surface area contributed by atoms with Gasteiger partial charge in [0, 0.05) is 11.6 Å². The van der Waals surface area contributed by atoms with Gasteiger partial charge in [0.15, 0.2) is 0 Å². The molecule has 0 fully saturated rings. The Kier molecular flexibility index (Phi) is 4.31. The minimum atomic E-state index is -0.664. The second-order valence-corrected chi connectivity index (χ2v) is 3.47. The number of Topliss-reactive ketones (excluding diaryl/α,β-unsaturated/α-hetero) is 1. The molecule has 1 rings (SSSR count). The third-order valence-corrected chi connectivity index (χ3v) is 2.18. The fraction of sp³-hybridized carbons (Fsp3) is 0.273. The van der Waals surface area contributed by atoms with Gasteiger partial charge in [-0.15, -0.1) is 0 Å². The maximum absolute atomic E-state index is 11.7. The van der Waals surface area contributed by atoms with Crippen LogP contribution < -0.4 is 10.1 Å². The lowest BCUT2D eigenvalue weighted by atomic mass is 10.1. The van der Waals surface area contributed by atoms with E-state index in [1.807, 2.05) is 0 Å². The van der Waals surface area contributed by atoms with Gasteiger partial charge in [0.25, 0.3) is 11.7 Å². The van der Waals surface area contributed by atoms with Crippen molar-refractivity contribution < 1.29 is 14.3 Å². The van der Waals surface area contributed by atoms with Crippen molar-refractivity contribution in [2.24, 2.45) is 0 Å². The molecule has 0 heterocycles. The number of carbonyl (C=O) groups excluding carboxylic acids is 2. The molecule has 0 bridgehead atoms. The highest BCUT2D eigenvalue weighted by Crippen LogP contribution is 2.22. The molecular weight excluding hydrogens is 230 g/mol. The minimum absolute atomic E-state index is 0.168. The fourth-order valence-corrected chi connectivity index (χ4v) is 1.39. The maximum atomic E-state index is 11.7. The van der Waals surface area contributed by atoms with Crippen molar-refractivity contribution in [3.8, 4) is 5.75 Å². The molecule has 0 aromatic heterocycles. The third-order valence-electron chi connectivity index (χ3n) is 1.95. The maximum Gasteiger partial charge on any atom is 0.292 e. The van der Waals surface area contributed by atoms with Gasteiger partial charge in [0.2, 0.25) is 0 Å². The van der Waals surface area contributed by atoms with Crippen LogP contribution in [0, 0.1) is 0 Å². The number of nitrogens with one attached hydrogen (secondary N) is 1. The first kappa shape index (κ1) is 12.5. The minimum Gasteiger partial charge on any atom is -0.496 e. The molecule has 0 unspecified atom stereocenters. The Labute approximate surface area is 98.5 Å². The summed E-state index contributed by atoms with van der Waals surface area (Å²) < 4.78 is 4.99. The lowest BCUT2D eigenvalue weighted by Crippen LogP contribution is -2.30. The molecule has 1 amide bonds. The smallest absolute Gasteiger partial charge is 0.292 e. The number of amides is 1. The summed E-state index contributed by atoms with van der Waals surface area (Å²) in [6.07, 6.45) is 0. The Morgan fingerprint density at radius 1 is 1.44 bits per heavy atom. The molecule has 1 N–H and O–H groups in total. The number of hydrogen-bond acceptors (Lipinski definition) is 3. The largest absolute Gasteiger partial charge is 0.496 e. The van der Waals surface area contributed by atoms with E-state index in [0.717, 1.165) is 0 Å². The predicted octanol–water partition coefficient (Wildman–Crippen LogP) is 1.67. The van der Waals surface area contributed by atoms with E-state index >= 15 is 0 Å². The molecule has 0 saturated heterocycles. The number of methoxy groups -OCH3 is 1.